The van der Waals surface area contributed by atoms with E-state index in [4.69, 9.17) is 5.73 Å². The zero-order chi connectivity index (χ0) is 14.9. The summed E-state index contributed by atoms with van der Waals surface area (Å²) in [6, 6.07) is 5.81. The van der Waals surface area contributed by atoms with Gasteiger partial charge in [0.15, 0.2) is 5.96 Å². The second-order valence-corrected chi connectivity index (χ2v) is 5.14. The molecule has 6 heteroatoms. The first kappa shape index (κ1) is 15.3. The summed E-state index contributed by atoms with van der Waals surface area (Å²) in [5, 5.41) is 3.01. The summed E-state index contributed by atoms with van der Waals surface area (Å²) < 4.78 is 0. The van der Waals surface area contributed by atoms with Crippen molar-refractivity contribution in [1.82, 2.24) is 15.2 Å². The first-order chi connectivity index (χ1) is 10.3. The van der Waals surface area contributed by atoms with Crippen LogP contribution in [0.3, 0.4) is 0 Å². The molecule has 0 spiro atoms. The van der Waals surface area contributed by atoms with Crippen LogP contribution in [0.1, 0.15) is 25.0 Å². The van der Waals surface area contributed by atoms with Crippen LogP contribution in [0.15, 0.2) is 29.4 Å². The number of pyridine rings is 1. The number of amides is 1. The molecular weight excluding hydrogens is 266 g/mol. The summed E-state index contributed by atoms with van der Waals surface area (Å²) in [7, 11) is 0. The van der Waals surface area contributed by atoms with E-state index in [0.717, 1.165) is 38.0 Å². The van der Waals surface area contributed by atoms with Gasteiger partial charge in [-0.05, 0) is 31.4 Å². The van der Waals surface area contributed by atoms with E-state index in [9.17, 15) is 4.79 Å². The second kappa shape index (κ2) is 8.24. The van der Waals surface area contributed by atoms with Gasteiger partial charge in [0.2, 0.25) is 5.91 Å². The molecule has 0 radical (unpaired) electrons. The number of carbonyl (C=O) groups is 1. The van der Waals surface area contributed by atoms with E-state index >= 15 is 0 Å². The highest BCUT2D eigenvalue weighted by Gasteiger charge is 2.15. The highest BCUT2D eigenvalue weighted by atomic mass is 16.2. The molecule has 1 aliphatic heterocycles. The fraction of sp³-hybridized carbons (Fsp3) is 0.533. The molecule has 1 fully saturated rings. The van der Waals surface area contributed by atoms with Crippen LogP contribution >= 0.6 is 0 Å². The summed E-state index contributed by atoms with van der Waals surface area (Å²) in [5.74, 6) is 0.375. The molecule has 0 aliphatic carbocycles. The third-order valence-corrected chi connectivity index (χ3v) is 3.51. The van der Waals surface area contributed by atoms with Gasteiger partial charge in [0.1, 0.15) is 6.54 Å². The number of hydrogen-bond acceptors (Lipinski definition) is 3. The number of piperidine rings is 1. The number of aromatic nitrogens is 1. The maximum absolute atomic E-state index is 11.9. The Morgan fingerprint density at radius 1 is 1.33 bits per heavy atom. The van der Waals surface area contributed by atoms with E-state index in [2.05, 4.69) is 15.3 Å². The Morgan fingerprint density at radius 2 is 2.14 bits per heavy atom. The van der Waals surface area contributed by atoms with Crippen LogP contribution in [0.5, 0.6) is 0 Å². The molecule has 3 N–H and O–H groups in total. The topological polar surface area (TPSA) is 83.6 Å². The van der Waals surface area contributed by atoms with Gasteiger partial charge >= 0.3 is 0 Å². The number of nitrogens with zero attached hydrogens (tertiary/aromatic N) is 3. The Kier molecular flexibility index (Phi) is 5.99. The maximum atomic E-state index is 11.9. The van der Waals surface area contributed by atoms with Gasteiger partial charge in [-0.25, -0.2) is 4.99 Å². The van der Waals surface area contributed by atoms with Crippen LogP contribution in [-0.2, 0) is 11.2 Å². The van der Waals surface area contributed by atoms with Crippen molar-refractivity contribution in [3.05, 3.63) is 30.1 Å². The third kappa shape index (κ3) is 5.41. The van der Waals surface area contributed by atoms with Gasteiger partial charge in [-0.15, -0.1) is 0 Å². The Hall–Kier alpha value is -2.11. The summed E-state index contributed by atoms with van der Waals surface area (Å²) in [6.45, 7) is 2.48. The van der Waals surface area contributed by atoms with Crippen LogP contribution < -0.4 is 11.1 Å². The molecule has 1 aromatic rings. The van der Waals surface area contributed by atoms with E-state index in [1.807, 2.05) is 23.1 Å². The molecule has 0 saturated carbocycles. The van der Waals surface area contributed by atoms with Crippen molar-refractivity contribution in [2.75, 3.05) is 26.2 Å². The van der Waals surface area contributed by atoms with Crippen LogP contribution in [0.2, 0.25) is 0 Å². The highest BCUT2D eigenvalue weighted by molar-refractivity contribution is 5.84. The molecule has 21 heavy (non-hydrogen) atoms. The Labute approximate surface area is 125 Å². The number of nitrogens with one attached hydrogen (secondary N) is 1. The predicted molar refractivity (Wildman–Crippen MR) is 82.9 cm³/mol. The smallest absolute Gasteiger partial charge is 0.244 e. The lowest BCUT2D eigenvalue weighted by atomic mass is 10.1. The fourth-order valence-electron chi connectivity index (χ4n) is 2.32. The minimum Gasteiger partial charge on any atom is -0.370 e. The third-order valence-electron chi connectivity index (χ3n) is 3.51. The Morgan fingerprint density at radius 3 is 2.86 bits per heavy atom. The first-order valence-corrected chi connectivity index (χ1v) is 7.47. The monoisotopic (exact) mass is 289 g/mol. The molecule has 0 atom stereocenters. The van der Waals surface area contributed by atoms with E-state index in [-0.39, 0.29) is 12.5 Å². The van der Waals surface area contributed by atoms with Crippen molar-refractivity contribution in [1.29, 1.82) is 0 Å². The molecule has 114 valence electrons. The first-order valence-electron chi connectivity index (χ1n) is 7.47. The number of carbonyl (C=O) groups excluding carboxylic acids is 1. The summed E-state index contributed by atoms with van der Waals surface area (Å²) in [4.78, 5) is 22.1. The van der Waals surface area contributed by atoms with Crippen molar-refractivity contribution in [2.45, 2.75) is 25.7 Å². The molecular formula is C15H23N5O. The number of hydrogen-bond donors (Lipinski definition) is 2. The fourth-order valence-corrected chi connectivity index (χ4v) is 2.32. The number of guanidine groups is 1. The maximum Gasteiger partial charge on any atom is 0.244 e. The molecule has 1 amide bonds. The molecule has 1 aromatic heterocycles. The molecule has 6 nitrogen and oxygen atoms in total. The lowest BCUT2D eigenvalue weighted by Crippen LogP contribution is -2.39. The normalized spacial score (nSPS) is 15.8. The zero-order valence-electron chi connectivity index (χ0n) is 12.3. The van der Waals surface area contributed by atoms with E-state index in [1.54, 1.807) is 6.20 Å². The lowest BCUT2D eigenvalue weighted by Gasteiger charge is -2.26. The van der Waals surface area contributed by atoms with E-state index < -0.39 is 0 Å². The summed E-state index contributed by atoms with van der Waals surface area (Å²) in [5.41, 5.74) is 6.77. The SMILES string of the molecule is NC(=NCC(=O)N1CCCCC1)NCCc1ccccn1. The van der Waals surface area contributed by atoms with Gasteiger partial charge in [0.05, 0.1) is 0 Å². The number of nitrogens with two attached hydrogens (primary N) is 1. The highest BCUT2D eigenvalue weighted by Crippen LogP contribution is 2.08. The van der Waals surface area contributed by atoms with Gasteiger partial charge in [-0.3, -0.25) is 9.78 Å². The van der Waals surface area contributed by atoms with Crippen LogP contribution in [0.4, 0.5) is 0 Å². The van der Waals surface area contributed by atoms with Crippen LogP contribution in [-0.4, -0.2) is 47.9 Å². The molecule has 0 bridgehead atoms. The molecule has 1 aliphatic rings. The molecule has 0 unspecified atom stereocenters. The quantitative estimate of drug-likeness (QED) is 0.612. The van der Waals surface area contributed by atoms with Gasteiger partial charge in [-0.1, -0.05) is 6.07 Å². The molecule has 2 rings (SSSR count). The van der Waals surface area contributed by atoms with Gasteiger partial charge < -0.3 is 16.0 Å². The lowest BCUT2D eigenvalue weighted by molar-refractivity contribution is -0.130. The van der Waals surface area contributed by atoms with Gasteiger partial charge in [-0.2, -0.15) is 0 Å². The van der Waals surface area contributed by atoms with Crippen molar-refractivity contribution >= 4 is 11.9 Å². The standard InChI is InChI=1S/C15H23N5O/c16-15(18-9-7-13-6-2-3-8-17-13)19-12-14(21)20-10-4-1-5-11-20/h2-3,6,8H,1,4-5,7,9-12H2,(H3,16,18,19). The molecule has 2 heterocycles. The van der Waals surface area contributed by atoms with Crippen molar-refractivity contribution in [3.63, 3.8) is 0 Å². The van der Waals surface area contributed by atoms with Gasteiger partial charge in [0, 0.05) is 37.9 Å². The largest absolute Gasteiger partial charge is 0.370 e. The summed E-state index contributed by atoms with van der Waals surface area (Å²) >= 11 is 0. The Bertz CT molecular complexity index is 468. The minimum atomic E-state index is 0.0594. The number of aliphatic imine (C=N–C) groups is 1. The van der Waals surface area contributed by atoms with Crippen molar-refractivity contribution < 1.29 is 4.79 Å². The minimum absolute atomic E-state index is 0.0594. The molecule has 1 saturated heterocycles. The zero-order valence-corrected chi connectivity index (χ0v) is 12.3. The van der Waals surface area contributed by atoms with E-state index in [1.165, 1.54) is 6.42 Å². The van der Waals surface area contributed by atoms with Crippen LogP contribution in [0.25, 0.3) is 0 Å². The van der Waals surface area contributed by atoms with Crippen molar-refractivity contribution in [2.24, 2.45) is 10.7 Å². The number of rotatable bonds is 5. The van der Waals surface area contributed by atoms with Gasteiger partial charge in [0.25, 0.3) is 0 Å². The second-order valence-electron chi connectivity index (χ2n) is 5.14. The van der Waals surface area contributed by atoms with Crippen molar-refractivity contribution in [3.8, 4) is 0 Å². The Balaban J connectivity index is 1.67. The summed E-state index contributed by atoms with van der Waals surface area (Å²) in [6.07, 6.45) is 5.94. The predicted octanol–water partition coefficient (Wildman–Crippen LogP) is 0.541. The average Bonchev–Trinajstić information content (AvgIpc) is 2.54. The van der Waals surface area contributed by atoms with Crippen LogP contribution in [0, 0.1) is 0 Å². The van der Waals surface area contributed by atoms with E-state index in [0.29, 0.717) is 12.5 Å². The number of likely N-dealkylation sites (tertiary alicyclic amines) is 1. The average molecular weight is 289 g/mol. The molecule has 0 aromatic carbocycles.